The number of H-pyrrole nitrogens is 1. The second kappa shape index (κ2) is 9.28. The zero-order valence-electron chi connectivity index (χ0n) is 19.0. The van der Waals surface area contributed by atoms with E-state index in [-0.39, 0.29) is 5.91 Å². The topological polar surface area (TPSA) is 49.0 Å². The maximum absolute atomic E-state index is 13.1. The van der Waals surface area contributed by atoms with Gasteiger partial charge >= 0.3 is 0 Å². The third-order valence-electron chi connectivity index (χ3n) is 6.09. The first-order valence-corrected chi connectivity index (χ1v) is 12.3. The SMILES string of the molecule is Cc1ccc(-c2nc(SCC(=O)N3CCCc4ccccc43)[nH]c2-c2ccc(C)cc2)cc1. The molecule has 1 N–H and O–H groups in total. The van der Waals surface area contributed by atoms with Gasteiger partial charge in [0.15, 0.2) is 5.16 Å². The Balaban J connectivity index is 1.41. The number of rotatable bonds is 5. The number of fused-ring (bicyclic) bond motifs is 1. The molecule has 1 aliphatic rings. The standard InChI is InChI=1S/C28H27N3OS/c1-19-9-13-22(14-10-19)26-27(23-15-11-20(2)12-16-23)30-28(29-26)33-18-25(32)31-17-5-7-21-6-3-4-8-24(21)31/h3-4,6,8-16H,5,7,17-18H2,1-2H3,(H,29,30). The number of hydrogen-bond donors (Lipinski definition) is 1. The van der Waals surface area contributed by atoms with E-state index in [2.05, 4.69) is 79.5 Å². The van der Waals surface area contributed by atoms with Crippen molar-refractivity contribution in [3.8, 4) is 22.5 Å². The fourth-order valence-electron chi connectivity index (χ4n) is 4.27. The second-order valence-electron chi connectivity index (χ2n) is 8.56. The molecular weight excluding hydrogens is 426 g/mol. The average Bonchev–Trinajstić information content (AvgIpc) is 3.27. The number of aromatic nitrogens is 2. The summed E-state index contributed by atoms with van der Waals surface area (Å²) in [5, 5.41) is 0.764. The Morgan fingerprint density at radius 1 is 0.939 bits per heavy atom. The van der Waals surface area contributed by atoms with Crippen molar-refractivity contribution in [3.63, 3.8) is 0 Å². The van der Waals surface area contributed by atoms with Crippen molar-refractivity contribution in [1.29, 1.82) is 0 Å². The van der Waals surface area contributed by atoms with Crippen LogP contribution in [0.1, 0.15) is 23.1 Å². The van der Waals surface area contributed by atoms with Crippen LogP contribution in [0, 0.1) is 13.8 Å². The van der Waals surface area contributed by atoms with E-state index in [9.17, 15) is 4.79 Å². The van der Waals surface area contributed by atoms with Crippen molar-refractivity contribution in [1.82, 2.24) is 9.97 Å². The normalized spacial score (nSPS) is 13.1. The molecule has 1 aromatic heterocycles. The third-order valence-corrected chi connectivity index (χ3v) is 6.95. The van der Waals surface area contributed by atoms with Gasteiger partial charge in [0.1, 0.15) is 0 Å². The molecule has 0 saturated carbocycles. The summed E-state index contributed by atoms with van der Waals surface area (Å²) >= 11 is 1.47. The summed E-state index contributed by atoms with van der Waals surface area (Å²) in [6.45, 7) is 4.95. The zero-order valence-corrected chi connectivity index (χ0v) is 19.8. The molecule has 0 saturated heterocycles. The van der Waals surface area contributed by atoms with Gasteiger partial charge in [-0.15, -0.1) is 0 Å². The van der Waals surface area contributed by atoms with Gasteiger partial charge in [-0.2, -0.15) is 0 Å². The molecule has 0 aliphatic carbocycles. The van der Waals surface area contributed by atoms with E-state index in [0.29, 0.717) is 5.75 Å². The van der Waals surface area contributed by atoms with Gasteiger partial charge in [-0.3, -0.25) is 4.79 Å². The number of thioether (sulfide) groups is 1. The predicted octanol–water partition coefficient (Wildman–Crippen LogP) is 6.43. The summed E-state index contributed by atoms with van der Waals surface area (Å²) in [7, 11) is 0. The van der Waals surface area contributed by atoms with E-state index in [1.54, 1.807) is 0 Å². The zero-order chi connectivity index (χ0) is 22.8. The van der Waals surface area contributed by atoms with Crippen LogP contribution >= 0.6 is 11.8 Å². The van der Waals surface area contributed by atoms with Crippen LogP contribution in [0.15, 0.2) is 78.0 Å². The number of aryl methyl sites for hydroxylation is 3. The molecule has 3 aromatic carbocycles. The van der Waals surface area contributed by atoms with Crippen LogP contribution < -0.4 is 4.90 Å². The molecule has 166 valence electrons. The van der Waals surface area contributed by atoms with Crippen molar-refractivity contribution in [2.45, 2.75) is 31.8 Å². The highest BCUT2D eigenvalue weighted by Gasteiger charge is 2.23. The van der Waals surface area contributed by atoms with Gasteiger partial charge in [-0.05, 0) is 38.3 Å². The number of nitrogens with zero attached hydrogens (tertiary/aromatic N) is 2. The number of para-hydroxylation sites is 1. The number of amides is 1. The average molecular weight is 454 g/mol. The molecule has 1 amide bonds. The molecule has 0 unspecified atom stereocenters. The maximum Gasteiger partial charge on any atom is 0.237 e. The summed E-state index contributed by atoms with van der Waals surface area (Å²) in [6.07, 6.45) is 2.04. The van der Waals surface area contributed by atoms with Crippen molar-refractivity contribution < 1.29 is 4.79 Å². The Labute approximate surface area is 199 Å². The highest BCUT2D eigenvalue weighted by molar-refractivity contribution is 7.99. The number of imidazole rings is 1. The smallest absolute Gasteiger partial charge is 0.237 e. The largest absolute Gasteiger partial charge is 0.332 e. The lowest BCUT2D eigenvalue weighted by molar-refractivity contribution is -0.116. The lowest BCUT2D eigenvalue weighted by Crippen LogP contribution is -2.36. The number of carbonyl (C=O) groups excluding carboxylic acids is 1. The molecule has 5 heteroatoms. The first-order valence-electron chi connectivity index (χ1n) is 11.3. The Morgan fingerprint density at radius 2 is 1.61 bits per heavy atom. The van der Waals surface area contributed by atoms with E-state index in [1.165, 1.54) is 28.5 Å². The third kappa shape index (κ3) is 4.60. The van der Waals surface area contributed by atoms with Crippen LogP contribution in [0.3, 0.4) is 0 Å². The molecule has 4 nitrogen and oxygen atoms in total. The van der Waals surface area contributed by atoms with Crippen molar-refractivity contribution in [2.24, 2.45) is 0 Å². The van der Waals surface area contributed by atoms with Gasteiger partial charge in [-0.25, -0.2) is 4.98 Å². The van der Waals surface area contributed by atoms with Crippen molar-refractivity contribution in [3.05, 3.63) is 89.5 Å². The number of anilines is 1. The number of carbonyl (C=O) groups is 1. The minimum Gasteiger partial charge on any atom is -0.332 e. The van der Waals surface area contributed by atoms with Crippen LogP contribution in [0.25, 0.3) is 22.5 Å². The monoisotopic (exact) mass is 453 g/mol. The Hall–Kier alpha value is -3.31. The van der Waals surface area contributed by atoms with Crippen molar-refractivity contribution >= 4 is 23.4 Å². The van der Waals surface area contributed by atoms with E-state index >= 15 is 0 Å². The molecule has 2 heterocycles. The Kier molecular flexibility index (Phi) is 6.05. The van der Waals surface area contributed by atoms with Gasteiger partial charge in [0.05, 0.1) is 17.1 Å². The summed E-state index contributed by atoms with van der Waals surface area (Å²) in [5.74, 6) is 0.472. The Bertz CT molecular complexity index is 1210. The summed E-state index contributed by atoms with van der Waals surface area (Å²) in [5.41, 5.74) is 8.79. The van der Waals surface area contributed by atoms with Gasteiger partial charge in [0.2, 0.25) is 5.91 Å². The van der Waals surface area contributed by atoms with Gasteiger partial charge in [-0.1, -0.05) is 89.6 Å². The highest BCUT2D eigenvalue weighted by atomic mass is 32.2. The first-order chi connectivity index (χ1) is 16.1. The molecule has 5 rings (SSSR count). The van der Waals surface area contributed by atoms with E-state index < -0.39 is 0 Å². The molecule has 4 aromatic rings. The minimum absolute atomic E-state index is 0.123. The fourth-order valence-corrected chi connectivity index (χ4v) is 5.02. The van der Waals surface area contributed by atoms with Crippen LogP contribution in [-0.4, -0.2) is 28.2 Å². The minimum atomic E-state index is 0.123. The second-order valence-corrected chi connectivity index (χ2v) is 9.53. The number of hydrogen-bond acceptors (Lipinski definition) is 3. The first kappa shape index (κ1) is 21.5. The quantitative estimate of drug-likeness (QED) is 0.354. The molecule has 33 heavy (non-hydrogen) atoms. The molecule has 0 bridgehead atoms. The molecule has 1 aliphatic heterocycles. The van der Waals surface area contributed by atoms with Gasteiger partial charge in [0, 0.05) is 23.4 Å². The van der Waals surface area contributed by atoms with Gasteiger partial charge in [0.25, 0.3) is 0 Å². The Morgan fingerprint density at radius 3 is 2.33 bits per heavy atom. The van der Waals surface area contributed by atoms with Crippen LogP contribution in [0.2, 0.25) is 0 Å². The highest BCUT2D eigenvalue weighted by Crippen LogP contribution is 2.34. The molecule has 0 atom stereocenters. The van der Waals surface area contributed by atoms with E-state index in [1.807, 2.05) is 17.0 Å². The molecular formula is C28H27N3OS. The summed E-state index contributed by atoms with van der Waals surface area (Å²) in [4.78, 5) is 23.4. The van der Waals surface area contributed by atoms with Gasteiger partial charge < -0.3 is 9.88 Å². The molecule has 0 spiro atoms. The fraction of sp³-hybridized carbons (Fsp3) is 0.214. The number of benzene rings is 3. The van der Waals surface area contributed by atoms with Crippen LogP contribution in [0.4, 0.5) is 5.69 Å². The predicted molar refractivity (Wildman–Crippen MR) is 137 cm³/mol. The van der Waals surface area contributed by atoms with E-state index in [0.717, 1.165) is 52.7 Å². The maximum atomic E-state index is 13.1. The van der Waals surface area contributed by atoms with Crippen LogP contribution in [-0.2, 0) is 11.2 Å². The van der Waals surface area contributed by atoms with E-state index in [4.69, 9.17) is 4.98 Å². The lowest BCUT2D eigenvalue weighted by atomic mass is 10.0. The molecule has 0 fully saturated rings. The van der Waals surface area contributed by atoms with Crippen LogP contribution in [0.5, 0.6) is 0 Å². The summed E-state index contributed by atoms with van der Waals surface area (Å²) in [6, 6.07) is 25.1. The lowest BCUT2D eigenvalue weighted by Gasteiger charge is -2.29. The number of nitrogens with one attached hydrogen (secondary N) is 1. The van der Waals surface area contributed by atoms with Crippen molar-refractivity contribution in [2.75, 3.05) is 17.2 Å². The summed E-state index contributed by atoms with van der Waals surface area (Å²) < 4.78 is 0. The number of aromatic amines is 1. The molecule has 0 radical (unpaired) electrons.